The van der Waals surface area contributed by atoms with Crippen molar-refractivity contribution in [2.24, 2.45) is 5.92 Å². The third-order valence-corrected chi connectivity index (χ3v) is 3.32. The van der Waals surface area contributed by atoms with Gasteiger partial charge in [-0.15, -0.1) is 0 Å². The van der Waals surface area contributed by atoms with Crippen molar-refractivity contribution in [3.05, 3.63) is 33.4 Å². The molecular weight excluding hydrogens is 304 g/mol. The van der Waals surface area contributed by atoms with Crippen molar-refractivity contribution in [3.8, 4) is 5.75 Å². The fourth-order valence-corrected chi connectivity index (χ4v) is 2.14. The molecule has 1 atom stereocenters. The van der Waals surface area contributed by atoms with Crippen LogP contribution in [0.3, 0.4) is 0 Å². The van der Waals surface area contributed by atoms with Gasteiger partial charge in [0.05, 0.1) is 17.6 Å². The first kappa shape index (κ1) is 18.4. The minimum Gasteiger partial charge on any atom is -0.496 e. The Bertz CT molecular complexity index is 627. The second kappa shape index (κ2) is 7.57. The number of nitro groups is 1. The fraction of sp³-hybridized carbons (Fsp3) is 0.467. The molecule has 126 valence electrons. The van der Waals surface area contributed by atoms with Gasteiger partial charge >= 0.3 is 5.97 Å². The number of carbonyl (C=O) groups is 2. The molecule has 0 aliphatic rings. The Balaban J connectivity index is 3.14. The van der Waals surface area contributed by atoms with Gasteiger partial charge in [0.15, 0.2) is 0 Å². The zero-order valence-electron chi connectivity index (χ0n) is 13.5. The van der Waals surface area contributed by atoms with Crippen LogP contribution in [0.15, 0.2) is 12.1 Å². The fourth-order valence-electron chi connectivity index (χ4n) is 2.14. The Morgan fingerprint density at radius 1 is 1.39 bits per heavy atom. The molecule has 0 heterocycles. The van der Waals surface area contributed by atoms with Crippen LogP contribution in [0.4, 0.5) is 5.69 Å². The first-order valence-electron chi connectivity index (χ1n) is 7.04. The minimum atomic E-state index is -1.15. The van der Waals surface area contributed by atoms with E-state index in [0.717, 1.165) is 6.07 Å². The SMILES string of the molecule is COc1cc(C(=O)N[C@H](CC(C)C)C(=O)O)cc([N+](=O)[O-])c1C. The van der Waals surface area contributed by atoms with E-state index in [0.29, 0.717) is 5.56 Å². The van der Waals surface area contributed by atoms with Gasteiger partial charge in [0.25, 0.3) is 11.6 Å². The number of rotatable bonds is 7. The van der Waals surface area contributed by atoms with Crippen LogP contribution in [0.1, 0.15) is 36.2 Å². The van der Waals surface area contributed by atoms with E-state index in [9.17, 15) is 19.7 Å². The van der Waals surface area contributed by atoms with E-state index in [1.165, 1.54) is 20.1 Å². The largest absolute Gasteiger partial charge is 0.496 e. The topological polar surface area (TPSA) is 119 Å². The molecule has 1 aromatic rings. The predicted molar refractivity (Wildman–Crippen MR) is 82.7 cm³/mol. The average molecular weight is 324 g/mol. The van der Waals surface area contributed by atoms with E-state index in [-0.39, 0.29) is 29.3 Å². The third kappa shape index (κ3) is 4.67. The first-order valence-corrected chi connectivity index (χ1v) is 7.04. The van der Waals surface area contributed by atoms with Gasteiger partial charge in [-0.1, -0.05) is 13.8 Å². The van der Waals surface area contributed by atoms with Crippen molar-refractivity contribution in [3.63, 3.8) is 0 Å². The van der Waals surface area contributed by atoms with Gasteiger partial charge in [-0.05, 0) is 25.3 Å². The monoisotopic (exact) mass is 324 g/mol. The second-order valence-corrected chi connectivity index (χ2v) is 5.57. The molecular formula is C15H20N2O6. The Kier molecular flexibility index (Phi) is 6.06. The number of aliphatic carboxylic acids is 1. The van der Waals surface area contributed by atoms with E-state index in [2.05, 4.69) is 5.32 Å². The maximum Gasteiger partial charge on any atom is 0.326 e. The smallest absolute Gasteiger partial charge is 0.326 e. The Hall–Kier alpha value is -2.64. The number of ether oxygens (including phenoxy) is 1. The number of nitro benzene ring substituents is 1. The van der Waals surface area contributed by atoms with Crippen LogP contribution in [-0.2, 0) is 4.79 Å². The Labute approximate surface area is 133 Å². The molecule has 2 N–H and O–H groups in total. The standard InChI is InChI=1S/C15H20N2O6/c1-8(2)5-11(15(19)20)16-14(18)10-6-12(17(21)22)9(3)13(7-10)23-4/h6-8,11H,5H2,1-4H3,(H,16,18)(H,19,20)/t11-/m1/s1. The molecule has 0 saturated heterocycles. The van der Waals surface area contributed by atoms with Gasteiger partial charge in [-0.3, -0.25) is 14.9 Å². The lowest BCUT2D eigenvalue weighted by molar-refractivity contribution is -0.385. The van der Waals surface area contributed by atoms with Gasteiger partial charge < -0.3 is 15.2 Å². The van der Waals surface area contributed by atoms with E-state index in [4.69, 9.17) is 9.84 Å². The second-order valence-electron chi connectivity index (χ2n) is 5.57. The molecule has 0 unspecified atom stereocenters. The van der Waals surface area contributed by atoms with Crippen LogP contribution in [-0.4, -0.2) is 35.1 Å². The number of benzene rings is 1. The molecule has 0 aliphatic carbocycles. The summed E-state index contributed by atoms with van der Waals surface area (Å²) in [6, 6.07) is 1.40. The number of carboxylic acids is 1. The number of nitrogens with one attached hydrogen (secondary N) is 1. The summed E-state index contributed by atoms with van der Waals surface area (Å²) >= 11 is 0. The van der Waals surface area contributed by atoms with Crippen LogP contribution < -0.4 is 10.1 Å². The molecule has 8 heteroatoms. The van der Waals surface area contributed by atoms with Crippen LogP contribution >= 0.6 is 0 Å². The van der Waals surface area contributed by atoms with Crippen molar-refractivity contribution in [1.29, 1.82) is 0 Å². The highest BCUT2D eigenvalue weighted by Crippen LogP contribution is 2.29. The highest BCUT2D eigenvalue weighted by atomic mass is 16.6. The van der Waals surface area contributed by atoms with E-state index >= 15 is 0 Å². The number of hydrogen-bond donors (Lipinski definition) is 2. The van der Waals surface area contributed by atoms with E-state index < -0.39 is 22.8 Å². The maximum atomic E-state index is 12.2. The molecule has 0 aromatic heterocycles. The number of carboxylic acid groups (broad SMARTS) is 1. The summed E-state index contributed by atoms with van der Waals surface area (Å²) in [5, 5.41) is 22.6. The lowest BCUT2D eigenvalue weighted by Gasteiger charge is -2.17. The van der Waals surface area contributed by atoms with Crippen molar-refractivity contribution >= 4 is 17.6 Å². The number of hydrogen-bond acceptors (Lipinski definition) is 5. The summed E-state index contributed by atoms with van der Waals surface area (Å²) < 4.78 is 5.04. The molecule has 8 nitrogen and oxygen atoms in total. The van der Waals surface area contributed by atoms with Crippen molar-refractivity contribution in [1.82, 2.24) is 5.32 Å². The van der Waals surface area contributed by atoms with Crippen molar-refractivity contribution in [2.75, 3.05) is 7.11 Å². The predicted octanol–water partition coefficient (Wildman–Crippen LogP) is 2.14. The number of nitrogens with zero attached hydrogens (tertiary/aromatic N) is 1. The lowest BCUT2D eigenvalue weighted by Crippen LogP contribution is -2.41. The summed E-state index contributed by atoms with van der Waals surface area (Å²) in [6.07, 6.45) is 0.256. The van der Waals surface area contributed by atoms with Gasteiger partial charge in [-0.2, -0.15) is 0 Å². The summed E-state index contributed by atoms with van der Waals surface area (Å²) in [5.41, 5.74) is 0.0189. The Morgan fingerprint density at radius 2 is 2.00 bits per heavy atom. The van der Waals surface area contributed by atoms with Gasteiger partial charge in [0.2, 0.25) is 0 Å². The molecule has 1 amide bonds. The van der Waals surface area contributed by atoms with Crippen LogP contribution in [0.2, 0.25) is 0 Å². The molecule has 0 saturated carbocycles. The van der Waals surface area contributed by atoms with E-state index in [1.54, 1.807) is 0 Å². The van der Waals surface area contributed by atoms with Gasteiger partial charge in [0.1, 0.15) is 11.8 Å². The quantitative estimate of drug-likeness (QED) is 0.586. The summed E-state index contributed by atoms with van der Waals surface area (Å²) in [4.78, 5) is 33.9. The molecule has 0 spiro atoms. The maximum absolute atomic E-state index is 12.2. The highest BCUT2D eigenvalue weighted by Gasteiger charge is 2.24. The summed E-state index contributed by atoms with van der Waals surface area (Å²) in [7, 11) is 1.34. The number of amides is 1. The molecule has 0 bridgehead atoms. The minimum absolute atomic E-state index is 0.0193. The van der Waals surface area contributed by atoms with Gasteiger partial charge in [0, 0.05) is 11.6 Å². The summed E-state index contributed by atoms with van der Waals surface area (Å²) in [6.45, 7) is 5.18. The lowest BCUT2D eigenvalue weighted by atomic mass is 10.0. The normalized spacial score (nSPS) is 11.9. The molecule has 1 aromatic carbocycles. The molecule has 0 radical (unpaired) electrons. The van der Waals surface area contributed by atoms with Crippen LogP contribution in [0, 0.1) is 23.0 Å². The first-order chi connectivity index (χ1) is 10.7. The van der Waals surface area contributed by atoms with Crippen LogP contribution in [0.5, 0.6) is 5.75 Å². The van der Waals surface area contributed by atoms with Crippen LogP contribution in [0.25, 0.3) is 0 Å². The number of carbonyl (C=O) groups excluding carboxylic acids is 1. The molecule has 1 rings (SSSR count). The van der Waals surface area contributed by atoms with E-state index in [1.807, 2.05) is 13.8 Å². The third-order valence-electron chi connectivity index (χ3n) is 3.32. The zero-order chi connectivity index (χ0) is 17.7. The highest BCUT2D eigenvalue weighted by molar-refractivity contribution is 5.97. The molecule has 0 fully saturated rings. The zero-order valence-corrected chi connectivity index (χ0v) is 13.5. The molecule has 0 aliphatic heterocycles. The average Bonchev–Trinajstić information content (AvgIpc) is 2.45. The van der Waals surface area contributed by atoms with Gasteiger partial charge in [-0.25, -0.2) is 4.79 Å². The molecule has 23 heavy (non-hydrogen) atoms. The van der Waals surface area contributed by atoms with Crippen molar-refractivity contribution in [2.45, 2.75) is 33.2 Å². The summed E-state index contributed by atoms with van der Waals surface area (Å²) in [5.74, 6) is -1.58. The number of methoxy groups -OCH3 is 1. The Morgan fingerprint density at radius 3 is 2.43 bits per heavy atom. The van der Waals surface area contributed by atoms with Crippen molar-refractivity contribution < 1.29 is 24.4 Å².